The maximum absolute atomic E-state index is 12.5. The van der Waals surface area contributed by atoms with Crippen LogP contribution in [0.15, 0.2) is 12.2 Å². The molecule has 0 aromatic rings. The quantitative estimate of drug-likeness (QED) is 0.684. The average Bonchev–Trinajstić information content (AvgIpc) is 2.33. The van der Waals surface area contributed by atoms with E-state index in [9.17, 15) is 15.0 Å². The number of aliphatic hydroxyl groups is 3. The molecule has 2 aliphatic carbocycles. The van der Waals surface area contributed by atoms with E-state index in [0.717, 1.165) is 0 Å². The first-order valence-electron chi connectivity index (χ1n) is 7.42. The lowest BCUT2D eigenvalue weighted by Gasteiger charge is -2.54. The summed E-state index contributed by atoms with van der Waals surface area (Å²) in [6, 6.07) is 0. The molecule has 0 aromatic heterocycles. The number of carbonyl (C=O) groups excluding carboxylic acids is 1. The van der Waals surface area contributed by atoms with Gasteiger partial charge in [-0.15, -0.1) is 0 Å². The standard InChI is InChI=1S/C16H26O4/c1-14(19)7-5-12-11(10-14)4-8-15(2,20)16(12,3)13(18)6-9-17/h4,8,11-12,17,19-20H,5-7,9-10H2,1-3H3/t11-,12-,14-,15+,16-/m0/s1. The topological polar surface area (TPSA) is 77.8 Å². The van der Waals surface area contributed by atoms with E-state index < -0.39 is 16.6 Å². The second-order valence-electron chi connectivity index (χ2n) is 7.12. The van der Waals surface area contributed by atoms with Crippen LogP contribution in [0.5, 0.6) is 0 Å². The molecule has 2 rings (SSSR count). The molecule has 0 amide bonds. The monoisotopic (exact) mass is 282 g/mol. The van der Waals surface area contributed by atoms with Gasteiger partial charge in [-0.25, -0.2) is 0 Å². The molecule has 4 heteroatoms. The molecule has 0 bridgehead atoms. The summed E-state index contributed by atoms with van der Waals surface area (Å²) in [5, 5.41) is 30.0. The Hall–Kier alpha value is -0.710. The van der Waals surface area contributed by atoms with Crippen LogP contribution in [0.25, 0.3) is 0 Å². The van der Waals surface area contributed by atoms with Crippen LogP contribution in [0.2, 0.25) is 0 Å². The summed E-state index contributed by atoms with van der Waals surface area (Å²) >= 11 is 0. The molecule has 1 saturated carbocycles. The minimum atomic E-state index is -1.20. The molecular weight excluding hydrogens is 256 g/mol. The summed E-state index contributed by atoms with van der Waals surface area (Å²) in [6.45, 7) is 5.12. The van der Waals surface area contributed by atoms with Crippen molar-refractivity contribution < 1.29 is 20.1 Å². The van der Waals surface area contributed by atoms with Gasteiger partial charge in [-0.05, 0) is 51.9 Å². The number of Topliss-reactive ketones (excluding diaryl/α,β-unsaturated/α-hetero) is 1. The number of hydrogen-bond acceptors (Lipinski definition) is 4. The van der Waals surface area contributed by atoms with E-state index in [1.165, 1.54) is 0 Å². The average molecular weight is 282 g/mol. The van der Waals surface area contributed by atoms with Crippen molar-refractivity contribution in [2.45, 2.75) is 57.7 Å². The van der Waals surface area contributed by atoms with Gasteiger partial charge in [0.2, 0.25) is 0 Å². The molecule has 0 unspecified atom stereocenters. The third-order valence-electron chi connectivity index (χ3n) is 5.57. The number of fused-ring (bicyclic) bond motifs is 1. The molecule has 114 valence electrons. The van der Waals surface area contributed by atoms with E-state index in [0.29, 0.717) is 19.3 Å². The van der Waals surface area contributed by atoms with E-state index in [-0.39, 0.29) is 30.6 Å². The zero-order valence-corrected chi connectivity index (χ0v) is 12.6. The smallest absolute Gasteiger partial charge is 0.144 e. The summed E-state index contributed by atoms with van der Waals surface area (Å²) in [5.41, 5.74) is -2.80. The highest BCUT2D eigenvalue weighted by Gasteiger charge is 2.57. The molecule has 0 heterocycles. The number of aliphatic hydroxyl groups excluding tert-OH is 1. The van der Waals surface area contributed by atoms with Gasteiger partial charge < -0.3 is 15.3 Å². The molecular formula is C16H26O4. The molecule has 0 aromatic carbocycles. The van der Waals surface area contributed by atoms with Crippen LogP contribution >= 0.6 is 0 Å². The van der Waals surface area contributed by atoms with Gasteiger partial charge in [-0.2, -0.15) is 0 Å². The Morgan fingerprint density at radius 3 is 2.55 bits per heavy atom. The first kappa shape index (κ1) is 15.7. The fourth-order valence-corrected chi connectivity index (χ4v) is 4.06. The van der Waals surface area contributed by atoms with Gasteiger partial charge in [-0.3, -0.25) is 4.79 Å². The minimum Gasteiger partial charge on any atom is -0.396 e. The highest BCUT2D eigenvalue weighted by Crippen LogP contribution is 2.54. The molecule has 3 N–H and O–H groups in total. The molecule has 0 saturated heterocycles. The summed E-state index contributed by atoms with van der Waals surface area (Å²) in [7, 11) is 0. The van der Waals surface area contributed by atoms with Gasteiger partial charge in [0.25, 0.3) is 0 Å². The largest absolute Gasteiger partial charge is 0.396 e. The van der Waals surface area contributed by atoms with Gasteiger partial charge in [0.05, 0.1) is 16.6 Å². The van der Waals surface area contributed by atoms with Crippen LogP contribution in [-0.2, 0) is 4.79 Å². The summed E-state index contributed by atoms with van der Waals surface area (Å²) in [5.74, 6) is 0.0271. The van der Waals surface area contributed by atoms with Gasteiger partial charge in [0, 0.05) is 13.0 Å². The maximum Gasteiger partial charge on any atom is 0.144 e. The van der Waals surface area contributed by atoms with E-state index >= 15 is 0 Å². The van der Waals surface area contributed by atoms with Crippen molar-refractivity contribution in [2.24, 2.45) is 17.3 Å². The normalized spacial score (nSPS) is 47.9. The van der Waals surface area contributed by atoms with Crippen LogP contribution in [0.4, 0.5) is 0 Å². The fraction of sp³-hybridized carbons (Fsp3) is 0.812. The number of carbonyl (C=O) groups is 1. The molecule has 5 atom stereocenters. The molecule has 1 fully saturated rings. The highest BCUT2D eigenvalue weighted by molar-refractivity contribution is 5.87. The number of allylic oxidation sites excluding steroid dienone is 1. The van der Waals surface area contributed by atoms with Gasteiger partial charge >= 0.3 is 0 Å². The molecule has 4 nitrogen and oxygen atoms in total. The lowest BCUT2D eigenvalue weighted by atomic mass is 9.51. The van der Waals surface area contributed by atoms with E-state index in [1.807, 2.05) is 19.9 Å². The Morgan fingerprint density at radius 2 is 1.95 bits per heavy atom. The molecule has 0 aliphatic heterocycles. The van der Waals surface area contributed by atoms with Crippen LogP contribution in [0, 0.1) is 17.3 Å². The third-order valence-corrected chi connectivity index (χ3v) is 5.57. The van der Waals surface area contributed by atoms with E-state index in [1.54, 1.807) is 13.0 Å². The van der Waals surface area contributed by atoms with E-state index in [4.69, 9.17) is 5.11 Å². The first-order valence-corrected chi connectivity index (χ1v) is 7.42. The van der Waals surface area contributed by atoms with Crippen LogP contribution in [0.3, 0.4) is 0 Å². The minimum absolute atomic E-state index is 0.0155. The second kappa shape index (κ2) is 4.93. The molecule has 2 aliphatic rings. The third kappa shape index (κ3) is 2.34. The maximum atomic E-state index is 12.5. The SMILES string of the molecule is C[C@]1(O)CC[C@H]2[C@@H](C=C[C@@](C)(O)[C@]2(C)C(=O)CCO)C1. The Balaban J connectivity index is 2.39. The Bertz CT molecular complexity index is 424. The first-order chi connectivity index (χ1) is 9.14. The van der Waals surface area contributed by atoms with E-state index in [2.05, 4.69) is 0 Å². The predicted octanol–water partition coefficient (Wildman–Crippen LogP) is 1.43. The second-order valence-corrected chi connectivity index (χ2v) is 7.12. The van der Waals surface area contributed by atoms with Gasteiger partial charge in [0.1, 0.15) is 5.78 Å². The Kier molecular flexibility index (Phi) is 3.87. The predicted molar refractivity (Wildman–Crippen MR) is 76.0 cm³/mol. The zero-order valence-electron chi connectivity index (χ0n) is 12.6. The molecule has 0 radical (unpaired) electrons. The van der Waals surface area contributed by atoms with Crippen molar-refractivity contribution >= 4 is 5.78 Å². The highest BCUT2D eigenvalue weighted by atomic mass is 16.3. The number of hydrogen-bond donors (Lipinski definition) is 3. The summed E-state index contributed by atoms with van der Waals surface area (Å²) < 4.78 is 0. The Labute approximate surface area is 120 Å². The lowest BCUT2D eigenvalue weighted by Crippen LogP contribution is -2.59. The molecule has 0 spiro atoms. The summed E-state index contributed by atoms with van der Waals surface area (Å²) in [6.07, 6.45) is 5.69. The van der Waals surface area contributed by atoms with Crippen molar-refractivity contribution in [1.29, 1.82) is 0 Å². The summed E-state index contributed by atoms with van der Waals surface area (Å²) in [4.78, 5) is 12.5. The molecule has 20 heavy (non-hydrogen) atoms. The van der Waals surface area contributed by atoms with Crippen LogP contribution < -0.4 is 0 Å². The number of ketones is 1. The van der Waals surface area contributed by atoms with Crippen molar-refractivity contribution in [3.05, 3.63) is 12.2 Å². The van der Waals surface area contributed by atoms with Crippen LogP contribution in [-0.4, -0.2) is 38.9 Å². The van der Waals surface area contributed by atoms with Gasteiger partial charge in [-0.1, -0.05) is 12.2 Å². The van der Waals surface area contributed by atoms with Gasteiger partial charge in [0.15, 0.2) is 0 Å². The Morgan fingerprint density at radius 1 is 1.30 bits per heavy atom. The fourth-order valence-electron chi connectivity index (χ4n) is 4.06. The number of rotatable bonds is 3. The van der Waals surface area contributed by atoms with Crippen molar-refractivity contribution in [1.82, 2.24) is 0 Å². The zero-order chi connectivity index (χ0) is 15.2. The lowest BCUT2D eigenvalue weighted by molar-refractivity contribution is -0.158. The van der Waals surface area contributed by atoms with Crippen LogP contribution in [0.1, 0.15) is 46.5 Å². The van der Waals surface area contributed by atoms with Crippen molar-refractivity contribution in [3.63, 3.8) is 0 Å². The van der Waals surface area contributed by atoms with Crippen molar-refractivity contribution in [3.8, 4) is 0 Å². The van der Waals surface area contributed by atoms with Crippen molar-refractivity contribution in [2.75, 3.05) is 6.61 Å².